The first kappa shape index (κ1) is 25.7. The van der Waals surface area contributed by atoms with Crippen molar-refractivity contribution in [2.24, 2.45) is 5.41 Å². The number of esters is 1. The molecule has 1 aliphatic heterocycles. The van der Waals surface area contributed by atoms with Crippen molar-refractivity contribution >= 4 is 11.7 Å². The molecule has 1 saturated carbocycles. The van der Waals surface area contributed by atoms with E-state index in [0.717, 1.165) is 6.07 Å². The minimum atomic E-state index is -4.64. The van der Waals surface area contributed by atoms with Gasteiger partial charge in [-0.1, -0.05) is 0 Å². The molecule has 1 spiro atoms. The third kappa shape index (κ3) is 4.84. The summed E-state index contributed by atoms with van der Waals surface area (Å²) in [6.07, 6.45) is -2.08. The van der Waals surface area contributed by atoms with E-state index < -0.39 is 23.5 Å². The van der Waals surface area contributed by atoms with Crippen LogP contribution in [0.4, 0.5) is 23.2 Å². The largest absolute Gasteiger partial charge is 0.488 e. The fraction of sp³-hybridized carbons (Fsp3) is 0.370. The number of ether oxygens (including phenoxy) is 3. The van der Waals surface area contributed by atoms with E-state index in [1.54, 1.807) is 35.4 Å². The zero-order valence-corrected chi connectivity index (χ0v) is 20.7. The molecule has 1 saturated heterocycles. The number of hydrogen-bond acceptors (Lipinski definition) is 7. The van der Waals surface area contributed by atoms with E-state index in [1.165, 1.54) is 13.2 Å². The van der Waals surface area contributed by atoms with Gasteiger partial charge in [0.25, 0.3) is 0 Å². The summed E-state index contributed by atoms with van der Waals surface area (Å²) in [6, 6.07) is 9.60. The van der Waals surface area contributed by atoms with Crippen LogP contribution in [0.2, 0.25) is 0 Å². The highest BCUT2D eigenvalue weighted by Gasteiger charge is 2.54. The fourth-order valence-corrected chi connectivity index (χ4v) is 5.14. The van der Waals surface area contributed by atoms with Crippen LogP contribution in [-0.2, 0) is 10.9 Å². The number of nitrogens with zero attached hydrogens (tertiary/aromatic N) is 3. The normalized spacial score (nSPS) is 16.5. The lowest BCUT2D eigenvalue weighted by atomic mass is 9.61. The Labute approximate surface area is 216 Å². The van der Waals surface area contributed by atoms with Crippen molar-refractivity contribution in [3.05, 3.63) is 65.7 Å². The molecule has 2 aromatic heterocycles. The molecule has 0 N–H and O–H groups in total. The van der Waals surface area contributed by atoms with Crippen molar-refractivity contribution in [3.63, 3.8) is 0 Å². The molecule has 1 aromatic carbocycles. The summed E-state index contributed by atoms with van der Waals surface area (Å²) < 4.78 is 70.2. The highest BCUT2D eigenvalue weighted by molar-refractivity contribution is 5.91. The predicted octanol–water partition coefficient (Wildman–Crippen LogP) is 5.53. The molecule has 38 heavy (non-hydrogen) atoms. The molecule has 0 bridgehead atoms. The third-order valence-corrected chi connectivity index (χ3v) is 6.84. The molecule has 11 heteroatoms. The SMILES string of the molecule is CCOc1ncccc1-c1ccc(OC2CC3(C2)CN(c2ccc(F)cc2C(F)(F)F)C3)c(C(=O)OC)n1. The summed E-state index contributed by atoms with van der Waals surface area (Å²) in [6.45, 7) is 3.06. The number of pyridine rings is 2. The van der Waals surface area contributed by atoms with Crippen molar-refractivity contribution in [1.82, 2.24) is 9.97 Å². The topological polar surface area (TPSA) is 73.8 Å². The Morgan fingerprint density at radius 1 is 1.16 bits per heavy atom. The number of methoxy groups -OCH3 is 1. The van der Waals surface area contributed by atoms with Crippen molar-refractivity contribution in [1.29, 1.82) is 0 Å². The first-order valence-corrected chi connectivity index (χ1v) is 12.1. The van der Waals surface area contributed by atoms with E-state index in [9.17, 15) is 22.4 Å². The molecular weight excluding hydrogens is 506 g/mol. The second-order valence-corrected chi connectivity index (χ2v) is 9.49. The van der Waals surface area contributed by atoms with Crippen LogP contribution < -0.4 is 14.4 Å². The third-order valence-electron chi connectivity index (χ3n) is 6.84. The molecular formula is C27H25F4N3O4. The van der Waals surface area contributed by atoms with E-state index >= 15 is 0 Å². The molecule has 3 aromatic rings. The van der Waals surface area contributed by atoms with Gasteiger partial charge < -0.3 is 19.1 Å². The molecule has 5 rings (SSSR count). The van der Waals surface area contributed by atoms with Gasteiger partial charge in [-0.25, -0.2) is 19.2 Å². The van der Waals surface area contributed by atoms with E-state index in [4.69, 9.17) is 14.2 Å². The van der Waals surface area contributed by atoms with Gasteiger partial charge >= 0.3 is 12.1 Å². The lowest BCUT2D eigenvalue weighted by Crippen LogP contribution is -2.65. The summed E-state index contributed by atoms with van der Waals surface area (Å²) >= 11 is 0. The second-order valence-electron chi connectivity index (χ2n) is 9.49. The molecule has 1 aliphatic carbocycles. The van der Waals surface area contributed by atoms with Gasteiger partial charge in [0.2, 0.25) is 5.88 Å². The van der Waals surface area contributed by atoms with Gasteiger partial charge in [-0.15, -0.1) is 0 Å². The number of carbonyl (C=O) groups is 1. The number of rotatable bonds is 7. The van der Waals surface area contributed by atoms with Crippen LogP contribution in [0.15, 0.2) is 48.7 Å². The molecule has 0 atom stereocenters. The monoisotopic (exact) mass is 531 g/mol. The standard InChI is InChI=1S/C27H25F4N3O4/c1-3-37-24-18(5-4-10-32-24)20-7-9-22(23(33-20)25(35)36-2)38-17-12-26(13-17)14-34(15-26)21-8-6-16(28)11-19(21)27(29,30)31/h4-11,17H,3,12-15H2,1-2H3. The highest BCUT2D eigenvalue weighted by Crippen LogP contribution is 2.52. The Morgan fingerprint density at radius 2 is 1.92 bits per heavy atom. The second kappa shape index (κ2) is 9.77. The van der Waals surface area contributed by atoms with Crippen LogP contribution in [0.5, 0.6) is 11.6 Å². The number of anilines is 1. The predicted molar refractivity (Wildman–Crippen MR) is 130 cm³/mol. The molecule has 0 unspecified atom stereocenters. The number of benzene rings is 1. The van der Waals surface area contributed by atoms with Crippen LogP contribution in [0.3, 0.4) is 0 Å². The lowest BCUT2D eigenvalue weighted by molar-refractivity contribution is -0.137. The van der Waals surface area contributed by atoms with Gasteiger partial charge in [0.15, 0.2) is 11.4 Å². The Balaban J connectivity index is 1.28. The fourth-order valence-electron chi connectivity index (χ4n) is 5.14. The van der Waals surface area contributed by atoms with Crippen LogP contribution >= 0.6 is 0 Å². The molecule has 2 fully saturated rings. The van der Waals surface area contributed by atoms with Gasteiger partial charge in [-0.2, -0.15) is 13.2 Å². The molecule has 0 amide bonds. The summed E-state index contributed by atoms with van der Waals surface area (Å²) in [5, 5.41) is 0. The van der Waals surface area contributed by atoms with Crippen molar-refractivity contribution in [2.45, 2.75) is 32.0 Å². The van der Waals surface area contributed by atoms with Crippen molar-refractivity contribution in [2.75, 3.05) is 31.7 Å². The van der Waals surface area contributed by atoms with Crippen molar-refractivity contribution in [3.8, 4) is 22.9 Å². The average Bonchev–Trinajstić information content (AvgIpc) is 2.84. The quantitative estimate of drug-likeness (QED) is 0.293. The Kier molecular flexibility index (Phi) is 6.62. The number of alkyl halides is 3. The molecule has 7 nitrogen and oxygen atoms in total. The number of carbonyl (C=O) groups excluding carboxylic acids is 1. The maximum Gasteiger partial charge on any atom is 0.418 e. The number of aromatic nitrogens is 2. The molecule has 0 radical (unpaired) electrons. The average molecular weight is 532 g/mol. The Bertz CT molecular complexity index is 1350. The summed E-state index contributed by atoms with van der Waals surface area (Å²) in [5.41, 5.74) is -0.106. The van der Waals surface area contributed by atoms with Crippen LogP contribution in [0, 0.1) is 11.2 Å². The zero-order chi connectivity index (χ0) is 27.1. The van der Waals surface area contributed by atoms with Crippen LogP contribution in [0.25, 0.3) is 11.3 Å². The maximum absolute atomic E-state index is 13.5. The van der Waals surface area contributed by atoms with Crippen LogP contribution in [-0.4, -0.2) is 48.8 Å². The maximum atomic E-state index is 13.5. The van der Waals surface area contributed by atoms with E-state index in [-0.39, 0.29) is 28.6 Å². The summed E-state index contributed by atoms with van der Waals surface area (Å²) in [7, 11) is 1.25. The van der Waals surface area contributed by atoms with E-state index in [2.05, 4.69) is 9.97 Å². The Morgan fingerprint density at radius 3 is 2.61 bits per heavy atom. The van der Waals surface area contributed by atoms with E-state index in [0.29, 0.717) is 55.7 Å². The first-order chi connectivity index (χ1) is 18.1. The van der Waals surface area contributed by atoms with Crippen LogP contribution in [0.1, 0.15) is 35.8 Å². The van der Waals surface area contributed by atoms with Crippen molar-refractivity contribution < 1.29 is 36.6 Å². The van der Waals surface area contributed by atoms with Gasteiger partial charge in [0.05, 0.1) is 30.5 Å². The van der Waals surface area contributed by atoms with Gasteiger partial charge in [-0.05, 0) is 62.2 Å². The minimum Gasteiger partial charge on any atom is -0.488 e. The molecule has 200 valence electrons. The smallest absolute Gasteiger partial charge is 0.418 e. The summed E-state index contributed by atoms with van der Waals surface area (Å²) in [5.74, 6) is -0.940. The van der Waals surface area contributed by atoms with Gasteiger partial charge in [0, 0.05) is 30.4 Å². The Hall–Kier alpha value is -3.89. The van der Waals surface area contributed by atoms with Gasteiger partial charge in [0.1, 0.15) is 11.9 Å². The zero-order valence-electron chi connectivity index (χ0n) is 20.7. The number of halogens is 4. The van der Waals surface area contributed by atoms with E-state index in [1.807, 2.05) is 6.92 Å². The minimum absolute atomic E-state index is 0.00798. The first-order valence-electron chi connectivity index (χ1n) is 12.1. The summed E-state index contributed by atoms with van der Waals surface area (Å²) in [4.78, 5) is 22.8. The highest BCUT2D eigenvalue weighted by atomic mass is 19.4. The van der Waals surface area contributed by atoms with Gasteiger partial charge in [-0.3, -0.25) is 0 Å². The lowest BCUT2D eigenvalue weighted by Gasteiger charge is -2.59. The number of hydrogen-bond donors (Lipinski definition) is 0. The molecule has 3 heterocycles. The molecule has 2 aliphatic rings.